The Kier molecular flexibility index (Phi) is 5.60. The number of nitrogens with one attached hydrogen (secondary N) is 1. The average molecular weight is 245 g/mol. The summed E-state index contributed by atoms with van der Waals surface area (Å²) >= 11 is 0. The lowest BCUT2D eigenvalue weighted by atomic mass is 9.92. The fourth-order valence-corrected chi connectivity index (χ4v) is 0.936. The number of rotatable bonds is 7. The van der Waals surface area contributed by atoms with Crippen molar-refractivity contribution in [1.29, 1.82) is 0 Å². The number of carboxylic acid groups (broad SMARTS) is 1. The van der Waals surface area contributed by atoms with Gasteiger partial charge in [0.05, 0.1) is 11.5 Å². The number of carbonyl (C=O) groups excluding carboxylic acids is 2. The van der Waals surface area contributed by atoms with Gasteiger partial charge in [0, 0.05) is 13.0 Å². The van der Waals surface area contributed by atoms with Crippen LogP contribution >= 0.6 is 0 Å². The zero-order valence-electron chi connectivity index (χ0n) is 10.0. The van der Waals surface area contributed by atoms with E-state index >= 15 is 0 Å². The molecule has 17 heavy (non-hydrogen) atoms. The van der Waals surface area contributed by atoms with Gasteiger partial charge in [-0.3, -0.25) is 14.4 Å². The molecule has 0 heterocycles. The summed E-state index contributed by atoms with van der Waals surface area (Å²) in [5.74, 6) is -2.02. The SMILES string of the molecule is CC(C)(CNC(=O)C(N)CCC(=O)O)C(N)=O. The van der Waals surface area contributed by atoms with Crippen LogP contribution in [0.25, 0.3) is 0 Å². The van der Waals surface area contributed by atoms with Crippen LogP contribution in [0, 0.1) is 5.41 Å². The normalized spacial score (nSPS) is 12.9. The van der Waals surface area contributed by atoms with Crippen molar-refractivity contribution in [3.8, 4) is 0 Å². The minimum absolute atomic E-state index is 0.0537. The third-order valence-electron chi connectivity index (χ3n) is 2.38. The Bertz CT molecular complexity index is 315. The second-order valence-electron chi connectivity index (χ2n) is 4.50. The van der Waals surface area contributed by atoms with Crippen LogP contribution < -0.4 is 16.8 Å². The predicted molar refractivity (Wildman–Crippen MR) is 60.8 cm³/mol. The summed E-state index contributed by atoms with van der Waals surface area (Å²) in [6.07, 6.45) is -0.119. The quantitative estimate of drug-likeness (QED) is 0.447. The van der Waals surface area contributed by atoms with E-state index in [1.165, 1.54) is 0 Å². The molecule has 0 bridgehead atoms. The highest BCUT2D eigenvalue weighted by molar-refractivity contribution is 5.84. The molecule has 0 spiro atoms. The van der Waals surface area contributed by atoms with Gasteiger partial charge >= 0.3 is 5.97 Å². The van der Waals surface area contributed by atoms with E-state index in [4.69, 9.17) is 16.6 Å². The maximum Gasteiger partial charge on any atom is 0.303 e. The zero-order chi connectivity index (χ0) is 13.6. The molecule has 0 aliphatic heterocycles. The first-order valence-corrected chi connectivity index (χ1v) is 5.22. The van der Waals surface area contributed by atoms with Crippen molar-refractivity contribution in [2.45, 2.75) is 32.7 Å². The Labute approximate surface area is 99.5 Å². The number of amides is 2. The van der Waals surface area contributed by atoms with Gasteiger partial charge in [-0.05, 0) is 20.3 Å². The van der Waals surface area contributed by atoms with Gasteiger partial charge in [-0.2, -0.15) is 0 Å². The molecule has 7 heteroatoms. The number of primary amides is 1. The van der Waals surface area contributed by atoms with Crippen molar-refractivity contribution in [3.05, 3.63) is 0 Å². The van der Waals surface area contributed by atoms with E-state index in [2.05, 4.69) is 5.32 Å². The summed E-state index contributed by atoms with van der Waals surface area (Å²) < 4.78 is 0. The van der Waals surface area contributed by atoms with Crippen LogP contribution in [-0.4, -0.2) is 35.5 Å². The summed E-state index contributed by atoms with van der Waals surface area (Å²) in [5, 5.41) is 10.9. The molecule has 0 radical (unpaired) electrons. The van der Waals surface area contributed by atoms with Crippen molar-refractivity contribution in [2.24, 2.45) is 16.9 Å². The van der Waals surface area contributed by atoms with E-state index in [9.17, 15) is 14.4 Å². The molecule has 0 saturated carbocycles. The first-order valence-electron chi connectivity index (χ1n) is 5.22. The van der Waals surface area contributed by atoms with Crippen molar-refractivity contribution >= 4 is 17.8 Å². The first-order chi connectivity index (χ1) is 7.66. The Balaban J connectivity index is 4.09. The molecular weight excluding hydrogens is 226 g/mol. The monoisotopic (exact) mass is 245 g/mol. The van der Waals surface area contributed by atoms with Crippen LogP contribution in [0.15, 0.2) is 0 Å². The largest absolute Gasteiger partial charge is 0.481 e. The summed E-state index contributed by atoms with van der Waals surface area (Å²) in [6.45, 7) is 3.26. The minimum Gasteiger partial charge on any atom is -0.481 e. The second-order valence-corrected chi connectivity index (χ2v) is 4.50. The topological polar surface area (TPSA) is 136 Å². The molecule has 0 aliphatic rings. The van der Waals surface area contributed by atoms with Gasteiger partial charge in [0.2, 0.25) is 11.8 Å². The number of nitrogens with two attached hydrogens (primary N) is 2. The summed E-state index contributed by atoms with van der Waals surface area (Å²) in [6, 6.07) is -0.894. The Hall–Kier alpha value is -1.63. The molecule has 0 saturated heterocycles. The fourth-order valence-electron chi connectivity index (χ4n) is 0.936. The molecular formula is C10H19N3O4. The first kappa shape index (κ1) is 15.4. The van der Waals surface area contributed by atoms with Gasteiger partial charge in [0.1, 0.15) is 0 Å². The second kappa shape index (κ2) is 6.19. The third-order valence-corrected chi connectivity index (χ3v) is 2.38. The van der Waals surface area contributed by atoms with Crippen LogP contribution in [0.4, 0.5) is 0 Å². The summed E-state index contributed by atoms with van der Waals surface area (Å²) in [7, 11) is 0. The maximum atomic E-state index is 11.4. The number of carboxylic acids is 1. The smallest absolute Gasteiger partial charge is 0.303 e. The van der Waals surface area contributed by atoms with Gasteiger partial charge in [-0.25, -0.2) is 0 Å². The number of aliphatic carboxylic acids is 1. The Morgan fingerprint density at radius 3 is 2.29 bits per heavy atom. The van der Waals surface area contributed by atoms with Crippen LogP contribution in [0.3, 0.4) is 0 Å². The number of hydrogen-bond donors (Lipinski definition) is 4. The highest BCUT2D eigenvalue weighted by Crippen LogP contribution is 2.11. The molecule has 6 N–H and O–H groups in total. The van der Waals surface area contributed by atoms with Crippen molar-refractivity contribution in [1.82, 2.24) is 5.32 Å². The van der Waals surface area contributed by atoms with E-state index in [1.54, 1.807) is 13.8 Å². The molecule has 0 aliphatic carbocycles. The van der Waals surface area contributed by atoms with Gasteiger partial charge in [0.25, 0.3) is 0 Å². The number of carbonyl (C=O) groups is 3. The maximum absolute atomic E-state index is 11.4. The average Bonchev–Trinajstić information content (AvgIpc) is 2.22. The molecule has 98 valence electrons. The van der Waals surface area contributed by atoms with Crippen LogP contribution in [-0.2, 0) is 14.4 Å². The van der Waals surface area contributed by atoms with Crippen molar-refractivity contribution in [2.75, 3.05) is 6.54 Å². The number of hydrogen-bond acceptors (Lipinski definition) is 4. The molecule has 0 aromatic rings. The van der Waals surface area contributed by atoms with Gasteiger partial charge < -0.3 is 21.9 Å². The van der Waals surface area contributed by atoms with E-state index < -0.39 is 29.2 Å². The lowest BCUT2D eigenvalue weighted by molar-refractivity contribution is -0.137. The fraction of sp³-hybridized carbons (Fsp3) is 0.700. The highest BCUT2D eigenvalue weighted by Gasteiger charge is 2.26. The van der Waals surface area contributed by atoms with Crippen LogP contribution in [0.2, 0.25) is 0 Å². The van der Waals surface area contributed by atoms with Gasteiger partial charge in [-0.1, -0.05) is 0 Å². The molecule has 0 aromatic heterocycles. The molecule has 7 nitrogen and oxygen atoms in total. The lowest BCUT2D eigenvalue weighted by Gasteiger charge is -2.21. The third kappa shape index (κ3) is 5.86. The molecule has 2 amide bonds. The van der Waals surface area contributed by atoms with Gasteiger partial charge in [0.15, 0.2) is 0 Å². The van der Waals surface area contributed by atoms with Crippen LogP contribution in [0.5, 0.6) is 0 Å². The van der Waals surface area contributed by atoms with E-state index in [-0.39, 0.29) is 19.4 Å². The Morgan fingerprint density at radius 1 is 1.35 bits per heavy atom. The Morgan fingerprint density at radius 2 is 1.88 bits per heavy atom. The molecule has 0 aromatic carbocycles. The molecule has 1 atom stereocenters. The minimum atomic E-state index is -1.01. The zero-order valence-corrected chi connectivity index (χ0v) is 10.0. The molecule has 1 unspecified atom stereocenters. The molecule has 0 rings (SSSR count). The van der Waals surface area contributed by atoms with E-state index in [0.29, 0.717) is 0 Å². The summed E-state index contributed by atoms with van der Waals surface area (Å²) in [4.78, 5) is 32.7. The highest BCUT2D eigenvalue weighted by atomic mass is 16.4. The van der Waals surface area contributed by atoms with E-state index in [0.717, 1.165) is 0 Å². The van der Waals surface area contributed by atoms with E-state index in [1.807, 2.05) is 0 Å². The standard InChI is InChI=1S/C10H19N3O4/c1-10(2,9(12)17)5-13-8(16)6(11)3-4-7(14)15/h6H,3-5,11H2,1-2H3,(H2,12,17)(H,13,16)(H,14,15). The molecule has 0 fully saturated rings. The van der Waals surface area contributed by atoms with Crippen molar-refractivity contribution in [3.63, 3.8) is 0 Å². The van der Waals surface area contributed by atoms with Crippen LogP contribution in [0.1, 0.15) is 26.7 Å². The summed E-state index contributed by atoms with van der Waals surface area (Å²) in [5.41, 5.74) is 9.75. The van der Waals surface area contributed by atoms with Gasteiger partial charge in [-0.15, -0.1) is 0 Å². The van der Waals surface area contributed by atoms with Crippen molar-refractivity contribution < 1.29 is 19.5 Å². The predicted octanol–water partition coefficient (Wildman–Crippen LogP) is -1.19. The lowest BCUT2D eigenvalue weighted by Crippen LogP contribution is -2.47.